The fraction of sp³-hybridized carbons (Fsp3) is 0.273. The van der Waals surface area contributed by atoms with Gasteiger partial charge in [0, 0.05) is 6.54 Å². The highest BCUT2D eigenvalue weighted by molar-refractivity contribution is 6.02. The molecular formula is C11H12N2O2. The van der Waals surface area contributed by atoms with Crippen molar-refractivity contribution in [2.75, 3.05) is 6.54 Å². The van der Waals surface area contributed by atoms with Gasteiger partial charge in [0.25, 0.3) is 0 Å². The summed E-state index contributed by atoms with van der Waals surface area (Å²) >= 11 is 0. The van der Waals surface area contributed by atoms with Gasteiger partial charge in [-0.05, 0) is 12.5 Å². The van der Waals surface area contributed by atoms with E-state index in [9.17, 15) is 9.59 Å². The summed E-state index contributed by atoms with van der Waals surface area (Å²) in [6, 6.07) is 9.00. The molecule has 1 heterocycles. The minimum atomic E-state index is -0.671. The van der Waals surface area contributed by atoms with Crippen molar-refractivity contribution in [3.8, 4) is 0 Å². The van der Waals surface area contributed by atoms with Gasteiger partial charge in [-0.1, -0.05) is 30.3 Å². The van der Waals surface area contributed by atoms with Crippen LogP contribution in [0.15, 0.2) is 30.3 Å². The fourth-order valence-corrected chi connectivity index (χ4v) is 1.66. The standard InChI is InChI=1S/C11H12N2O2/c1-11(8-5-3-2-4-6-8)7-12-10(15)13-9(11)14/h2-6H,7H2,1H3,(H2,12,13,14,15)/t11-/m1/s1. The molecule has 0 saturated carbocycles. The summed E-state index contributed by atoms with van der Waals surface area (Å²) in [7, 11) is 0. The van der Waals surface area contributed by atoms with E-state index in [-0.39, 0.29) is 5.91 Å². The van der Waals surface area contributed by atoms with E-state index in [0.29, 0.717) is 6.54 Å². The van der Waals surface area contributed by atoms with Crippen LogP contribution in [-0.4, -0.2) is 18.5 Å². The van der Waals surface area contributed by atoms with Gasteiger partial charge in [-0.25, -0.2) is 4.79 Å². The Kier molecular flexibility index (Phi) is 2.19. The summed E-state index contributed by atoms with van der Waals surface area (Å²) in [6.07, 6.45) is 0. The second-order valence-electron chi connectivity index (χ2n) is 3.83. The molecule has 4 heteroatoms. The maximum atomic E-state index is 11.8. The van der Waals surface area contributed by atoms with Crippen LogP contribution < -0.4 is 10.6 Å². The Morgan fingerprint density at radius 1 is 1.20 bits per heavy atom. The summed E-state index contributed by atoms with van der Waals surface area (Å²) in [5.41, 5.74) is 0.234. The van der Waals surface area contributed by atoms with Crippen molar-refractivity contribution in [1.29, 1.82) is 0 Å². The molecule has 1 aromatic carbocycles. The van der Waals surface area contributed by atoms with Gasteiger partial charge in [-0.3, -0.25) is 10.1 Å². The molecule has 0 radical (unpaired) electrons. The van der Waals surface area contributed by atoms with Crippen molar-refractivity contribution in [2.45, 2.75) is 12.3 Å². The van der Waals surface area contributed by atoms with Crippen LogP contribution in [0, 0.1) is 0 Å². The molecule has 0 bridgehead atoms. The van der Waals surface area contributed by atoms with Gasteiger partial charge in [0.1, 0.15) is 0 Å². The van der Waals surface area contributed by atoms with E-state index in [2.05, 4.69) is 10.6 Å². The smallest absolute Gasteiger partial charge is 0.321 e. The third-order valence-electron chi connectivity index (χ3n) is 2.74. The molecule has 4 nitrogen and oxygen atoms in total. The molecule has 2 rings (SSSR count). The van der Waals surface area contributed by atoms with Gasteiger partial charge in [0.05, 0.1) is 5.41 Å². The molecule has 3 amide bonds. The summed E-state index contributed by atoms with van der Waals surface area (Å²) in [6.45, 7) is 2.15. The van der Waals surface area contributed by atoms with Crippen LogP contribution in [0.5, 0.6) is 0 Å². The first kappa shape index (κ1) is 9.71. The summed E-state index contributed by atoms with van der Waals surface area (Å²) in [4.78, 5) is 22.7. The van der Waals surface area contributed by atoms with Crippen LogP contribution in [-0.2, 0) is 10.2 Å². The molecule has 1 fully saturated rings. The monoisotopic (exact) mass is 204 g/mol. The van der Waals surface area contributed by atoms with Crippen LogP contribution in [0.25, 0.3) is 0 Å². The van der Waals surface area contributed by atoms with E-state index >= 15 is 0 Å². The van der Waals surface area contributed by atoms with E-state index in [1.807, 2.05) is 37.3 Å². The van der Waals surface area contributed by atoms with Crippen molar-refractivity contribution >= 4 is 11.9 Å². The molecular weight excluding hydrogens is 192 g/mol. The van der Waals surface area contributed by atoms with Gasteiger partial charge in [-0.15, -0.1) is 0 Å². The minimum Gasteiger partial charge on any atom is -0.336 e. The normalized spacial score (nSPS) is 25.7. The maximum Gasteiger partial charge on any atom is 0.321 e. The van der Waals surface area contributed by atoms with Crippen LogP contribution in [0.2, 0.25) is 0 Å². The van der Waals surface area contributed by atoms with Crippen LogP contribution in [0.3, 0.4) is 0 Å². The van der Waals surface area contributed by atoms with Crippen molar-refractivity contribution in [1.82, 2.24) is 10.6 Å². The predicted octanol–water partition coefficient (Wildman–Crippen LogP) is 0.784. The van der Waals surface area contributed by atoms with Crippen molar-refractivity contribution < 1.29 is 9.59 Å². The summed E-state index contributed by atoms with van der Waals surface area (Å²) in [5.74, 6) is -0.252. The summed E-state index contributed by atoms with van der Waals surface area (Å²) < 4.78 is 0. The lowest BCUT2D eigenvalue weighted by Crippen LogP contribution is -2.59. The Hall–Kier alpha value is -1.84. The largest absolute Gasteiger partial charge is 0.336 e. The topological polar surface area (TPSA) is 58.2 Å². The number of benzene rings is 1. The second kappa shape index (κ2) is 3.38. The number of imide groups is 1. The molecule has 1 aliphatic heterocycles. The maximum absolute atomic E-state index is 11.8. The average molecular weight is 204 g/mol. The second-order valence-corrected chi connectivity index (χ2v) is 3.83. The van der Waals surface area contributed by atoms with Gasteiger partial charge in [0.2, 0.25) is 5.91 Å². The molecule has 0 unspecified atom stereocenters. The number of hydrogen-bond donors (Lipinski definition) is 2. The van der Waals surface area contributed by atoms with E-state index in [1.165, 1.54) is 0 Å². The van der Waals surface area contributed by atoms with Gasteiger partial charge < -0.3 is 5.32 Å². The first-order chi connectivity index (χ1) is 7.13. The highest BCUT2D eigenvalue weighted by Gasteiger charge is 2.39. The molecule has 2 N–H and O–H groups in total. The number of amides is 3. The van der Waals surface area contributed by atoms with Crippen molar-refractivity contribution in [3.63, 3.8) is 0 Å². The fourth-order valence-electron chi connectivity index (χ4n) is 1.66. The quantitative estimate of drug-likeness (QED) is 0.710. The predicted molar refractivity (Wildman–Crippen MR) is 55.3 cm³/mol. The van der Waals surface area contributed by atoms with Crippen molar-refractivity contribution in [2.24, 2.45) is 0 Å². The van der Waals surface area contributed by atoms with Crippen LogP contribution in [0.1, 0.15) is 12.5 Å². The zero-order chi connectivity index (χ0) is 10.9. The molecule has 0 spiro atoms. The van der Waals surface area contributed by atoms with Gasteiger partial charge in [0.15, 0.2) is 0 Å². The molecule has 15 heavy (non-hydrogen) atoms. The Morgan fingerprint density at radius 2 is 1.87 bits per heavy atom. The lowest BCUT2D eigenvalue weighted by atomic mass is 9.80. The molecule has 1 saturated heterocycles. The van der Waals surface area contributed by atoms with E-state index in [4.69, 9.17) is 0 Å². The first-order valence-corrected chi connectivity index (χ1v) is 4.78. The van der Waals surface area contributed by atoms with E-state index < -0.39 is 11.4 Å². The molecule has 78 valence electrons. The third kappa shape index (κ3) is 1.58. The van der Waals surface area contributed by atoms with Crippen molar-refractivity contribution in [3.05, 3.63) is 35.9 Å². The zero-order valence-electron chi connectivity index (χ0n) is 8.41. The van der Waals surface area contributed by atoms with E-state index in [0.717, 1.165) is 5.56 Å². The Morgan fingerprint density at radius 3 is 2.47 bits per heavy atom. The lowest BCUT2D eigenvalue weighted by Gasteiger charge is -2.32. The Balaban J connectivity index is 2.35. The first-order valence-electron chi connectivity index (χ1n) is 4.78. The zero-order valence-corrected chi connectivity index (χ0v) is 8.41. The number of rotatable bonds is 1. The number of carbonyl (C=O) groups excluding carboxylic acids is 2. The molecule has 1 aliphatic rings. The Labute approximate surface area is 87.7 Å². The van der Waals surface area contributed by atoms with Gasteiger partial charge >= 0.3 is 6.03 Å². The van der Waals surface area contributed by atoms with Gasteiger partial charge in [-0.2, -0.15) is 0 Å². The van der Waals surface area contributed by atoms with Crippen LogP contribution in [0.4, 0.5) is 4.79 Å². The number of urea groups is 1. The highest BCUT2D eigenvalue weighted by atomic mass is 16.2. The number of nitrogens with one attached hydrogen (secondary N) is 2. The lowest BCUT2D eigenvalue weighted by molar-refractivity contribution is -0.125. The van der Waals surface area contributed by atoms with E-state index in [1.54, 1.807) is 0 Å². The average Bonchev–Trinajstić information content (AvgIpc) is 2.25. The molecule has 0 aliphatic carbocycles. The van der Waals surface area contributed by atoms with Crippen LogP contribution >= 0.6 is 0 Å². The minimum absolute atomic E-state index is 0.252. The highest BCUT2D eigenvalue weighted by Crippen LogP contribution is 2.24. The Bertz CT molecular complexity index is 402. The molecule has 1 atom stereocenters. The SMILES string of the molecule is C[C@]1(c2ccccc2)CNC(=O)NC1=O. The molecule has 1 aromatic rings. The third-order valence-corrected chi connectivity index (χ3v) is 2.74. The summed E-state index contributed by atoms with van der Waals surface area (Å²) in [5, 5.41) is 4.91. The number of carbonyl (C=O) groups is 2. The number of hydrogen-bond acceptors (Lipinski definition) is 2. The molecule has 0 aromatic heterocycles.